The van der Waals surface area contributed by atoms with E-state index in [0.717, 1.165) is 5.56 Å². The summed E-state index contributed by atoms with van der Waals surface area (Å²) in [5.74, 6) is 0.141. The van der Waals surface area contributed by atoms with Crippen LogP contribution in [0.3, 0.4) is 0 Å². The average Bonchev–Trinajstić information content (AvgIpc) is 2.04. The Morgan fingerprint density at radius 1 is 1.23 bits per heavy atom. The Morgan fingerprint density at radius 3 is 2.38 bits per heavy atom. The molecular weight excluding hydrogens is 184 g/mol. The molecule has 0 bridgehead atoms. The van der Waals surface area contributed by atoms with Crippen LogP contribution >= 0.6 is 0 Å². The summed E-state index contributed by atoms with van der Waals surface area (Å²) < 4.78 is 22.7. The van der Waals surface area contributed by atoms with Crippen molar-refractivity contribution in [1.29, 1.82) is 0 Å². The van der Waals surface area contributed by atoms with Gasteiger partial charge in [0.15, 0.2) is 9.84 Å². The fourth-order valence-corrected chi connectivity index (χ4v) is 2.24. The van der Waals surface area contributed by atoms with Gasteiger partial charge in [-0.05, 0) is 5.56 Å². The lowest BCUT2D eigenvalue weighted by Crippen LogP contribution is -2.06. The van der Waals surface area contributed by atoms with Gasteiger partial charge in [0, 0.05) is 0 Å². The molecule has 0 saturated heterocycles. The maximum absolute atomic E-state index is 11.3. The zero-order chi connectivity index (χ0) is 9.73. The molecule has 13 heavy (non-hydrogen) atoms. The highest BCUT2D eigenvalue weighted by atomic mass is 32.2. The molecule has 0 radical (unpaired) electrons. The smallest absolute Gasteiger partial charge is 0.157 e. The van der Waals surface area contributed by atoms with E-state index in [9.17, 15) is 8.42 Å². The van der Waals surface area contributed by atoms with E-state index in [-0.39, 0.29) is 11.5 Å². The van der Waals surface area contributed by atoms with E-state index < -0.39 is 9.84 Å². The van der Waals surface area contributed by atoms with Gasteiger partial charge in [0.2, 0.25) is 0 Å². The van der Waals surface area contributed by atoms with Crippen LogP contribution in [-0.4, -0.2) is 14.2 Å². The summed E-state index contributed by atoms with van der Waals surface area (Å²) >= 11 is 0. The third-order valence-electron chi connectivity index (χ3n) is 1.60. The standard InChI is InChI=1S/C10H12O2S/c1-2-8-13(11,12)9-10-6-4-3-5-7-10/h2-7H,1,8-9H2. The number of hydrogen-bond donors (Lipinski definition) is 0. The van der Waals surface area contributed by atoms with Gasteiger partial charge >= 0.3 is 0 Å². The lowest BCUT2D eigenvalue weighted by molar-refractivity contribution is 0.598. The SMILES string of the molecule is C=CCS(=O)(=O)Cc1ccccc1. The molecule has 0 aliphatic rings. The van der Waals surface area contributed by atoms with Crippen molar-refractivity contribution in [3.8, 4) is 0 Å². The van der Waals surface area contributed by atoms with Gasteiger partial charge in [-0.25, -0.2) is 8.42 Å². The van der Waals surface area contributed by atoms with Gasteiger partial charge in [0.1, 0.15) is 0 Å². The molecule has 0 saturated carbocycles. The maximum atomic E-state index is 11.3. The van der Waals surface area contributed by atoms with Crippen LogP contribution in [0, 0.1) is 0 Å². The fraction of sp³-hybridized carbons (Fsp3) is 0.200. The molecule has 0 aliphatic carbocycles. The van der Waals surface area contributed by atoms with Crippen molar-refractivity contribution in [1.82, 2.24) is 0 Å². The Morgan fingerprint density at radius 2 is 1.85 bits per heavy atom. The maximum Gasteiger partial charge on any atom is 0.157 e. The Bertz CT molecular complexity index is 365. The lowest BCUT2D eigenvalue weighted by atomic mass is 10.2. The van der Waals surface area contributed by atoms with Crippen LogP contribution in [0.25, 0.3) is 0 Å². The largest absolute Gasteiger partial charge is 0.228 e. The van der Waals surface area contributed by atoms with Gasteiger partial charge in [-0.15, -0.1) is 6.58 Å². The molecular formula is C10H12O2S. The monoisotopic (exact) mass is 196 g/mol. The van der Waals surface area contributed by atoms with Gasteiger partial charge in [-0.2, -0.15) is 0 Å². The first-order valence-electron chi connectivity index (χ1n) is 3.99. The molecule has 0 aliphatic heterocycles. The van der Waals surface area contributed by atoms with Crippen molar-refractivity contribution in [3.05, 3.63) is 48.6 Å². The summed E-state index contributed by atoms with van der Waals surface area (Å²) in [6, 6.07) is 9.14. The van der Waals surface area contributed by atoms with Crippen LogP contribution in [0.1, 0.15) is 5.56 Å². The van der Waals surface area contributed by atoms with Gasteiger partial charge in [-0.3, -0.25) is 0 Å². The van der Waals surface area contributed by atoms with Crippen LogP contribution < -0.4 is 0 Å². The second-order valence-corrected chi connectivity index (χ2v) is 4.94. The van der Waals surface area contributed by atoms with Crippen molar-refractivity contribution in [2.24, 2.45) is 0 Å². The first-order chi connectivity index (χ1) is 6.14. The van der Waals surface area contributed by atoms with Crippen molar-refractivity contribution in [2.45, 2.75) is 5.75 Å². The summed E-state index contributed by atoms with van der Waals surface area (Å²) in [7, 11) is -3.00. The summed E-state index contributed by atoms with van der Waals surface area (Å²) in [6.07, 6.45) is 1.41. The van der Waals surface area contributed by atoms with Crippen LogP contribution in [0.15, 0.2) is 43.0 Å². The first kappa shape index (κ1) is 9.99. The van der Waals surface area contributed by atoms with Crippen molar-refractivity contribution < 1.29 is 8.42 Å². The molecule has 1 rings (SSSR count). The van der Waals surface area contributed by atoms with E-state index in [1.807, 2.05) is 18.2 Å². The molecule has 2 nitrogen and oxygen atoms in total. The Kier molecular flexibility index (Phi) is 3.25. The van der Waals surface area contributed by atoms with Gasteiger partial charge in [0.05, 0.1) is 11.5 Å². The topological polar surface area (TPSA) is 34.1 Å². The second kappa shape index (κ2) is 4.23. The van der Waals surface area contributed by atoms with E-state index in [1.54, 1.807) is 12.1 Å². The Balaban J connectivity index is 2.75. The van der Waals surface area contributed by atoms with Crippen LogP contribution in [0.5, 0.6) is 0 Å². The molecule has 1 aromatic rings. The number of hydrogen-bond acceptors (Lipinski definition) is 2. The van der Waals surface area contributed by atoms with E-state index >= 15 is 0 Å². The van der Waals surface area contributed by atoms with E-state index in [0.29, 0.717) is 0 Å². The molecule has 0 atom stereocenters. The van der Waals surface area contributed by atoms with Crippen LogP contribution in [-0.2, 0) is 15.6 Å². The van der Waals surface area contributed by atoms with E-state index in [1.165, 1.54) is 6.08 Å². The third kappa shape index (κ3) is 3.42. The fourth-order valence-electron chi connectivity index (χ4n) is 1.07. The molecule has 70 valence electrons. The van der Waals surface area contributed by atoms with Crippen molar-refractivity contribution >= 4 is 9.84 Å². The Hall–Kier alpha value is -1.09. The van der Waals surface area contributed by atoms with Gasteiger partial charge < -0.3 is 0 Å². The zero-order valence-corrected chi connectivity index (χ0v) is 8.13. The Labute approximate surface area is 78.8 Å². The van der Waals surface area contributed by atoms with Crippen LogP contribution in [0.2, 0.25) is 0 Å². The highest BCUT2D eigenvalue weighted by Crippen LogP contribution is 2.05. The highest BCUT2D eigenvalue weighted by molar-refractivity contribution is 7.90. The van der Waals surface area contributed by atoms with Gasteiger partial charge in [0.25, 0.3) is 0 Å². The summed E-state index contributed by atoms with van der Waals surface area (Å²) in [5.41, 5.74) is 0.823. The summed E-state index contributed by atoms with van der Waals surface area (Å²) in [4.78, 5) is 0. The molecule has 0 heterocycles. The van der Waals surface area contributed by atoms with E-state index in [4.69, 9.17) is 0 Å². The predicted octanol–water partition coefficient (Wildman–Crippen LogP) is 1.79. The summed E-state index contributed by atoms with van der Waals surface area (Å²) in [5, 5.41) is 0. The average molecular weight is 196 g/mol. The molecule has 1 aromatic carbocycles. The van der Waals surface area contributed by atoms with Crippen molar-refractivity contribution in [2.75, 3.05) is 5.75 Å². The minimum Gasteiger partial charge on any atom is -0.228 e. The van der Waals surface area contributed by atoms with Gasteiger partial charge in [-0.1, -0.05) is 36.4 Å². The van der Waals surface area contributed by atoms with Crippen molar-refractivity contribution in [3.63, 3.8) is 0 Å². The zero-order valence-electron chi connectivity index (χ0n) is 7.31. The lowest BCUT2D eigenvalue weighted by Gasteiger charge is -2.00. The molecule has 0 spiro atoms. The second-order valence-electron chi connectivity index (χ2n) is 2.83. The van der Waals surface area contributed by atoms with E-state index in [2.05, 4.69) is 6.58 Å². The minimum absolute atomic E-state index is 0.0435. The highest BCUT2D eigenvalue weighted by Gasteiger charge is 2.08. The number of rotatable bonds is 4. The third-order valence-corrected chi connectivity index (χ3v) is 3.12. The summed E-state index contributed by atoms with van der Waals surface area (Å²) in [6.45, 7) is 3.41. The van der Waals surface area contributed by atoms with Crippen LogP contribution in [0.4, 0.5) is 0 Å². The quantitative estimate of drug-likeness (QED) is 0.688. The number of sulfone groups is 1. The molecule has 0 amide bonds. The molecule has 0 N–H and O–H groups in total. The normalized spacial score (nSPS) is 11.1. The molecule has 0 aromatic heterocycles. The molecule has 3 heteroatoms. The molecule has 0 fully saturated rings. The predicted molar refractivity (Wildman–Crippen MR) is 54.1 cm³/mol. The first-order valence-corrected chi connectivity index (χ1v) is 5.81. The number of benzene rings is 1. The minimum atomic E-state index is -3.00. The molecule has 0 unspecified atom stereocenters.